The van der Waals surface area contributed by atoms with Gasteiger partial charge in [0.15, 0.2) is 0 Å². The molecule has 14 aromatic carbocycles. The minimum absolute atomic E-state index is 0.284. The van der Waals surface area contributed by atoms with E-state index in [1.165, 1.54) is 115 Å². The predicted molar refractivity (Wildman–Crippen MR) is 340 cm³/mol. The summed E-state index contributed by atoms with van der Waals surface area (Å²) in [7, 11) is 0. The molecule has 16 rings (SSSR count). The number of para-hydroxylation sites is 2. The van der Waals surface area contributed by atoms with Crippen molar-refractivity contribution >= 4 is 99.0 Å². The fourth-order valence-electron chi connectivity index (χ4n) is 13.4. The Morgan fingerprint density at radius 3 is 1.46 bits per heavy atom. The van der Waals surface area contributed by atoms with Gasteiger partial charge >= 0.3 is 0 Å². The third-order valence-electron chi connectivity index (χ3n) is 17.3. The quantitative estimate of drug-likeness (QED) is 0.134. The van der Waals surface area contributed by atoms with Gasteiger partial charge < -0.3 is 14.4 Å². The van der Waals surface area contributed by atoms with Crippen LogP contribution in [0.3, 0.4) is 0 Å². The summed E-state index contributed by atoms with van der Waals surface area (Å²) in [5.41, 5.74) is 20.0. The smallest absolute Gasteiger partial charge is 0.0553 e. The van der Waals surface area contributed by atoms with E-state index in [1.54, 1.807) is 0 Å². The van der Waals surface area contributed by atoms with Gasteiger partial charge in [-0.25, -0.2) is 0 Å². The molecule has 0 spiro atoms. The van der Waals surface area contributed by atoms with Crippen molar-refractivity contribution in [2.45, 2.75) is 19.3 Å². The van der Waals surface area contributed by atoms with Crippen LogP contribution in [-0.4, -0.2) is 4.57 Å². The normalized spacial score (nSPS) is 12.7. The number of hydrogen-bond acceptors (Lipinski definition) is 2. The summed E-state index contributed by atoms with van der Waals surface area (Å²) < 4.78 is 2.54. The van der Waals surface area contributed by atoms with Crippen molar-refractivity contribution in [1.29, 1.82) is 0 Å². The summed E-state index contributed by atoms with van der Waals surface area (Å²) in [5.74, 6) is 0. The lowest BCUT2D eigenvalue weighted by atomic mass is 9.81. The molecule has 0 saturated carbocycles. The van der Waals surface area contributed by atoms with Crippen LogP contribution < -0.4 is 9.80 Å². The van der Waals surface area contributed by atoms with E-state index in [1.807, 2.05) is 0 Å². The highest BCUT2D eigenvalue weighted by Gasteiger charge is 2.36. The van der Waals surface area contributed by atoms with E-state index in [0.717, 1.165) is 34.1 Å². The lowest BCUT2D eigenvalue weighted by Crippen LogP contribution is -2.17. The zero-order valence-electron chi connectivity index (χ0n) is 44.5. The molecule has 0 bridgehead atoms. The van der Waals surface area contributed by atoms with Crippen molar-refractivity contribution in [3.8, 4) is 39.1 Å². The molecule has 0 saturated heterocycles. The third kappa shape index (κ3) is 7.14. The number of rotatable bonds is 9. The second-order valence-corrected chi connectivity index (χ2v) is 22.1. The van der Waals surface area contributed by atoms with Gasteiger partial charge in [-0.3, -0.25) is 0 Å². The fraction of sp³-hybridized carbons (Fsp3) is 0.0390. The Kier molecular flexibility index (Phi) is 10.3. The molecule has 0 amide bonds. The Labute approximate surface area is 465 Å². The highest BCUT2D eigenvalue weighted by molar-refractivity contribution is 6.33. The maximum atomic E-state index is 2.54. The molecular weight excluding hydrogens is 967 g/mol. The van der Waals surface area contributed by atoms with Crippen LogP contribution in [-0.2, 0) is 5.41 Å². The number of nitrogens with zero attached hydrogens (tertiary/aromatic N) is 3. The van der Waals surface area contributed by atoms with Gasteiger partial charge in [-0.2, -0.15) is 0 Å². The Morgan fingerprint density at radius 1 is 0.275 bits per heavy atom. The van der Waals surface area contributed by atoms with E-state index in [-0.39, 0.29) is 5.41 Å². The largest absolute Gasteiger partial charge is 0.311 e. The number of fused-ring (bicyclic) bond motifs is 8. The predicted octanol–water partition coefficient (Wildman–Crippen LogP) is 21.4. The topological polar surface area (TPSA) is 11.4 Å². The van der Waals surface area contributed by atoms with Gasteiger partial charge in [-0.05, 0) is 179 Å². The van der Waals surface area contributed by atoms with Crippen LogP contribution >= 0.6 is 0 Å². The Balaban J connectivity index is 0.816. The van der Waals surface area contributed by atoms with Crippen molar-refractivity contribution in [2.75, 3.05) is 9.80 Å². The first-order valence-electron chi connectivity index (χ1n) is 27.8. The summed E-state index contributed by atoms with van der Waals surface area (Å²) in [6, 6.07) is 105. The second-order valence-electron chi connectivity index (χ2n) is 22.1. The molecule has 3 nitrogen and oxygen atoms in total. The van der Waals surface area contributed by atoms with Crippen LogP contribution in [0.15, 0.2) is 285 Å². The fourth-order valence-corrected chi connectivity index (χ4v) is 13.4. The van der Waals surface area contributed by atoms with E-state index < -0.39 is 0 Å². The molecule has 3 heteroatoms. The van der Waals surface area contributed by atoms with Crippen molar-refractivity contribution in [1.82, 2.24) is 4.57 Å². The van der Waals surface area contributed by atoms with Crippen molar-refractivity contribution in [2.24, 2.45) is 0 Å². The van der Waals surface area contributed by atoms with Crippen molar-refractivity contribution < 1.29 is 0 Å². The van der Waals surface area contributed by atoms with Crippen LogP contribution in [0.25, 0.3) is 104 Å². The van der Waals surface area contributed by atoms with Gasteiger partial charge in [0.25, 0.3) is 0 Å². The van der Waals surface area contributed by atoms with Crippen LogP contribution in [0.2, 0.25) is 0 Å². The van der Waals surface area contributed by atoms with Gasteiger partial charge in [-0.15, -0.1) is 0 Å². The van der Waals surface area contributed by atoms with Crippen LogP contribution in [0.1, 0.15) is 25.0 Å². The van der Waals surface area contributed by atoms with E-state index in [2.05, 4.69) is 313 Å². The molecular formula is C77H53N3. The minimum atomic E-state index is -0.284. The summed E-state index contributed by atoms with van der Waals surface area (Å²) >= 11 is 0. The number of benzene rings is 14. The summed E-state index contributed by atoms with van der Waals surface area (Å²) in [5, 5.41) is 12.8. The molecule has 0 radical (unpaired) electrons. The number of anilines is 6. The molecule has 0 unspecified atom stereocenters. The third-order valence-corrected chi connectivity index (χ3v) is 17.3. The average Bonchev–Trinajstić information content (AvgIpc) is 4.18. The van der Waals surface area contributed by atoms with E-state index >= 15 is 0 Å². The monoisotopic (exact) mass is 1020 g/mol. The van der Waals surface area contributed by atoms with Crippen LogP contribution in [0, 0.1) is 0 Å². The minimum Gasteiger partial charge on any atom is -0.311 e. The molecule has 1 aromatic heterocycles. The zero-order valence-corrected chi connectivity index (χ0v) is 44.5. The maximum Gasteiger partial charge on any atom is 0.0553 e. The molecule has 0 fully saturated rings. The summed E-state index contributed by atoms with van der Waals surface area (Å²) in [4.78, 5) is 4.73. The lowest BCUT2D eigenvalue weighted by molar-refractivity contribution is 0.660. The SMILES string of the molecule is CC1(C)c2cc(-c3ccc4c5c6ccc7cccc8ccc(cc5n(-c5cccc9ccccc59)c4c3)c6c87)ccc2-c2ccc(N(c3ccc(-c4ccccc4)cc3)c3ccc(N(c4ccccc4)c4ccccc4)cc3)cc21. The standard InChI is InChI=1S/C77H53N3/c1-77(2)69-46-55(56-34-43-67-72(47-56)80(71-27-15-19-52-18-12-13-26-64(52)71)73-48-57-29-28-53-20-14-21-54-32-44-68(76(67)73)75(57)74(53)54)33-42-65(69)66-45-41-63(49-70(66)77)79(60-35-30-51(31-36-60)50-16-6-3-7-17-50)62-39-37-61(38-40-62)78(58-22-8-4-9-23-58)59-24-10-5-11-25-59/h3-49H,1-2H3. The zero-order chi connectivity index (χ0) is 53.1. The Hall–Kier alpha value is -10.2. The molecule has 1 aliphatic rings. The molecule has 1 heterocycles. The second kappa shape index (κ2) is 17.9. The molecule has 0 aliphatic heterocycles. The molecule has 0 atom stereocenters. The summed E-state index contributed by atoms with van der Waals surface area (Å²) in [6.45, 7) is 4.81. The van der Waals surface area contributed by atoms with Gasteiger partial charge in [0, 0.05) is 55.7 Å². The molecule has 1 aliphatic carbocycles. The van der Waals surface area contributed by atoms with Gasteiger partial charge in [0.2, 0.25) is 0 Å². The van der Waals surface area contributed by atoms with Gasteiger partial charge in [-0.1, -0.05) is 202 Å². The van der Waals surface area contributed by atoms with Crippen molar-refractivity contribution in [3.05, 3.63) is 296 Å². The molecule has 376 valence electrons. The Morgan fingerprint density at radius 2 is 0.750 bits per heavy atom. The number of hydrogen-bond donors (Lipinski definition) is 0. The van der Waals surface area contributed by atoms with E-state index in [9.17, 15) is 0 Å². The highest BCUT2D eigenvalue weighted by Crippen LogP contribution is 2.53. The van der Waals surface area contributed by atoms with Crippen LogP contribution in [0.4, 0.5) is 34.1 Å². The molecule has 80 heavy (non-hydrogen) atoms. The first kappa shape index (κ1) is 45.9. The van der Waals surface area contributed by atoms with Crippen LogP contribution in [0.5, 0.6) is 0 Å². The highest BCUT2D eigenvalue weighted by atomic mass is 15.2. The first-order valence-corrected chi connectivity index (χ1v) is 27.8. The molecule has 0 N–H and O–H groups in total. The van der Waals surface area contributed by atoms with E-state index in [0.29, 0.717) is 0 Å². The lowest BCUT2D eigenvalue weighted by Gasteiger charge is -2.29. The summed E-state index contributed by atoms with van der Waals surface area (Å²) in [6.07, 6.45) is 0. The van der Waals surface area contributed by atoms with Gasteiger partial charge in [0.1, 0.15) is 0 Å². The van der Waals surface area contributed by atoms with Gasteiger partial charge in [0.05, 0.1) is 16.7 Å². The van der Waals surface area contributed by atoms with Crippen molar-refractivity contribution in [3.63, 3.8) is 0 Å². The van der Waals surface area contributed by atoms with E-state index in [4.69, 9.17) is 0 Å². The molecule has 15 aromatic rings. The number of aromatic nitrogens is 1. The Bertz CT molecular complexity index is 4820. The average molecular weight is 1020 g/mol. The maximum absolute atomic E-state index is 2.54. The first-order chi connectivity index (χ1) is 39.4.